The van der Waals surface area contributed by atoms with Crippen molar-refractivity contribution in [2.24, 2.45) is 11.8 Å². The van der Waals surface area contributed by atoms with E-state index in [4.69, 9.17) is 0 Å². The van der Waals surface area contributed by atoms with Crippen LogP contribution in [0.25, 0.3) is 11.7 Å². The quantitative estimate of drug-likeness (QED) is 0.623. The van der Waals surface area contributed by atoms with Gasteiger partial charge in [0.15, 0.2) is 5.56 Å². The fourth-order valence-corrected chi connectivity index (χ4v) is 4.56. The predicted molar refractivity (Wildman–Crippen MR) is 125 cm³/mol. The van der Waals surface area contributed by atoms with Gasteiger partial charge in [0.1, 0.15) is 5.65 Å². The molecule has 2 aromatic heterocycles. The van der Waals surface area contributed by atoms with E-state index in [0.29, 0.717) is 23.7 Å². The number of fused-ring (bicyclic) bond motifs is 1. The minimum absolute atomic E-state index is 0.0490. The van der Waals surface area contributed by atoms with E-state index in [0.717, 1.165) is 32.2 Å². The van der Waals surface area contributed by atoms with Crippen LogP contribution < -0.4 is 10.9 Å². The minimum atomic E-state index is -0.587. The molecular weight excluding hydrogens is 422 g/mol. The number of likely N-dealkylation sites (tertiary alicyclic amines) is 1. The molecule has 0 bridgehead atoms. The molecule has 2 aromatic rings. The first-order valence-corrected chi connectivity index (χ1v) is 11.8. The first kappa shape index (κ1) is 23.1. The summed E-state index contributed by atoms with van der Waals surface area (Å²) in [6.07, 6.45) is 8.38. The average molecular weight is 456 g/mol. The van der Waals surface area contributed by atoms with E-state index < -0.39 is 17.3 Å². The number of hydrogen-bond acceptors (Lipinski definition) is 5. The lowest BCUT2D eigenvalue weighted by atomic mass is 10.0. The predicted octanol–water partition coefficient (Wildman–Crippen LogP) is 2.41. The number of nitrogens with zero attached hydrogens (tertiary/aromatic N) is 4. The van der Waals surface area contributed by atoms with Crippen LogP contribution in [0.1, 0.15) is 69.3 Å². The van der Waals surface area contributed by atoms with E-state index >= 15 is 0 Å². The lowest BCUT2D eigenvalue weighted by molar-refractivity contribution is -0.127. The SMILES string of the molecule is CC(C)Cn1c(=O)c(C(=O)NC2CC2)c(O)n2ncc(/C=C/C(=O)N3CCC[C@@H]3C(C)C)c12. The summed E-state index contributed by atoms with van der Waals surface area (Å²) in [5.74, 6) is -0.655. The van der Waals surface area contributed by atoms with Gasteiger partial charge in [0, 0.05) is 36.8 Å². The third-order valence-electron chi connectivity index (χ3n) is 6.35. The Balaban J connectivity index is 1.74. The lowest BCUT2D eigenvalue weighted by Crippen LogP contribution is -2.37. The topological polar surface area (TPSA) is 109 Å². The molecule has 1 saturated carbocycles. The van der Waals surface area contributed by atoms with Crippen LogP contribution in [0.15, 0.2) is 17.1 Å². The molecule has 0 spiro atoms. The van der Waals surface area contributed by atoms with Crippen molar-refractivity contribution in [2.75, 3.05) is 6.54 Å². The summed E-state index contributed by atoms with van der Waals surface area (Å²) in [6.45, 7) is 9.25. The van der Waals surface area contributed by atoms with E-state index in [2.05, 4.69) is 24.3 Å². The highest BCUT2D eigenvalue weighted by Crippen LogP contribution is 2.26. The van der Waals surface area contributed by atoms with Crippen LogP contribution in [0, 0.1) is 11.8 Å². The molecule has 0 unspecified atom stereocenters. The van der Waals surface area contributed by atoms with Crippen molar-refractivity contribution in [3.63, 3.8) is 0 Å². The Labute approximate surface area is 193 Å². The maximum Gasteiger partial charge on any atom is 0.270 e. The van der Waals surface area contributed by atoms with Crippen LogP contribution in [0.2, 0.25) is 0 Å². The normalized spacial score (nSPS) is 18.8. The number of nitrogens with one attached hydrogen (secondary N) is 1. The highest BCUT2D eigenvalue weighted by molar-refractivity contribution is 5.97. The molecule has 0 radical (unpaired) electrons. The van der Waals surface area contributed by atoms with E-state index in [9.17, 15) is 19.5 Å². The lowest BCUT2D eigenvalue weighted by Gasteiger charge is -2.26. The minimum Gasteiger partial charge on any atom is -0.492 e. The van der Waals surface area contributed by atoms with E-state index in [-0.39, 0.29) is 29.5 Å². The van der Waals surface area contributed by atoms with Crippen molar-refractivity contribution in [2.45, 2.75) is 72.0 Å². The van der Waals surface area contributed by atoms with Gasteiger partial charge in [0.2, 0.25) is 11.8 Å². The number of hydrogen-bond donors (Lipinski definition) is 2. The number of aromatic nitrogens is 3. The third-order valence-corrected chi connectivity index (χ3v) is 6.35. The zero-order valence-electron chi connectivity index (χ0n) is 19.7. The molecule has 9 nitrogen and oxygen atoms in total. The molecule has 2 N–H and O–H groups in total. The maximum atomic E-state index is 13.3. The Hall–Kier alpha value is -3.10. The van der Waals surface area contributed by atoms with Crippen molar-refractivity contribution in [3.05, 3.63) is 33.8 Å². The van der Waals surface area contributed by atoms with Gasteiger partial charge in [0.05, 0.1) is 6.20 Å². The van der Waals surface area contributed by atoms with Gasteiger partial charge in [-0.1, -0.05) is 27.7 Å². The summed E-state index contributed by atoms with van der Waals surface area (Å²) in [5, 5.41) is 17.8. The molecule has 33 heavy (non-hydrogen) atoms. The molecule has 3 heterocycles. The summed E-state index contributed by atoms with van der Waals surface area (Å²) < 4.78 is 2.68. The fourth-order valence-electron chi connectivity index (χ4n) is 4.56. The van der Waals surface area contributed by atoms with Crippen LogP contribution in [0.5, 0.6) is 5.88 Å². The van der Waals surface area contributed by atoms with E-state index in [1.165, 1.54) is 21.4 Å². The van der Waals surface area contributed by atoms with Gasteiger partial charge >= 0.3 is 0 Å². The fraction of sp³-hybridized carbons (Fsp3) is 0.583. The Kier molecular flexibility index (Phi) is 6.32. The molecule has 1 atom stereocenters. The number of rotatable bonds is 7. The molecular formula is C24H33N5O4. The molecule has 0 aromatic carbocycles. The molecule has 178 valence electrons. The third kappa shape index (κ3) is 4.54. The monoisotopic (exact) mass is 455 g/mol. The second kappa shape index (κ2) is 9.03. The van der Waals surface area contributed by atoms with Gasteiger partial charge in [-0.2, -0.15) is 9.61 Å². The van der Waals surface area contributed by atoms with E-state index in [1.807, 2.05) is 18.7 Å². The Morgan fingerprint density at radius 3 is 2.61 bits per heavy atom. The second-order valence-corrected chi connectivity index (χ2v) is 9.91. The summed E-state index contributed by atoms with van der Waals surface area (Å²) in [5.41, 5.74) is 0.0280. The Morgan fingerprint density at radius 2 is 1.97 bits per heavy atom. The van der Waals surface area contributed by atoms with Gasteiger partial charge < -0.3 is 15.3 Å². The van der Waals surface area contributed by atoms with Gasteiger partial charge in [0.25, 0.3) is 11.5 Å². The molecule has 2 aliphatic rings. The highest BCUT2D eigenvalue weighted by atomic mass is 16.3. The largest absolute Gasteiger partial charge is 0.492 e. The number of aromatic hydroxyl groups is 1. The van der Waals surface area contributed by atoms with Crippen LogP contribution in [-0.2, 0) is 11.3 Å². The first-order chi connectivity index (χ1) is 15.7. The molecule has 2 amide bonds. The van der Waals surface area contributed by atoms with Crippen molar-refractivity contribution in [1.29, 1.82) is 0 Å². The summed E-state index contributed by atoms with van der Waals surface area (Å²) in [4.78, 5) is 40.8. The Morgan fingerprint density at radius 1 is 1.24 bits per heavy atom. The van der Waals surface area contributed by atoms with Crippen molar-refractivity contribution >= 4 is 23.5 Å². The second-order valence-electron chi connectivity index (χ2n) is 9.91. The zero-order valence-corrected chi connectivity index (χ0v) is 19.7. The maximum absolute atomic E-state index is 13.3. The molecule has 1 aliphatic heterocycles. The van der Waals surface area contributed by atoms with Crippen molar-refractivity contribution in [3.8, 4) is 5.88 Å². The van der Waals surface area contributed by atoms with Crippen LogP contribution in [0.3, 0.4) is 0 Å². The van der Waals surface area contributed by atoms with Crippen LogP contribution >= 0.6 is 0 Å². The smallest absolute Gasteiger partial charge is 0.270 e. The summed E-state index contributed by atoms with van der Waals surface area (Å²) in [6, 6.07) is 0.273. The van der Waals surface area contributed by atoms with Gasteiger partial charge in [-0.25, -0.2) is 0 Å². The zero-order chi connectivity index (χ0) is 23.9. The molecule has 2 fully saturated rings. The average Bonchev–Trinajstić information content (AvgIpc) is 3.25. The molecule has 9 heteroatoms. The number of carbonyl (C=O) groups excluding carboxylic acids is 2. The number of carbonyl (C=O) groups is 2. The summed E-state index contributed by atoms with van der Waals surface area (Å²) in [7, 11) is 0. The van der Waals surface area contributed by atoms with Crippen LogP contribution in [0.4, 0.5) is 0 Å². The first-order valence-electron chi connectivity index (χ1n) is 11.8. The van der Waals surface area contributed by atoms with Gasteiger partial charge in [-0.15, -0.1) is 0 Å². The highest BCUT2D eigenvalue weighted by Gasteiger charge is 2.31. The summed E-state index contributed by atoms with van der Waals surface area (Å²) >= 11 is 0. The van der Waals surface area contributed by atoms with Gasteiger partial charge in [-0.3, -0.25) is 19.0 Å². The number of amides is 2. The van der Waals surface area contributed by atoms with E-state index in [1.54, 1.807) is 6.08 Å². The molecule has 1 saturated heterocycles. The van der Waals surface area contributed by atoms with Crippen molar-refractivity contribution in [1.82, 2.24) is 24.4 Å². The van der Waals surface area contributed by atoms with Crippen LogP contribution in [-0.4, -0.2) is 54.6 Å². The Bertz CT molecular complexity index is 1160. The molecule has 1 aliphatic carbocycles. The van der Waals surface area contributed by atoms with Crippen molar-refractivity contribution < 1.29 is 14.7 Å². The molecule has 4 rings (SSSR count). The standard InChI is InChI=1S/C24H33N5O4/c1-14(2)13-28-22-16(7-10-19(30)27-11-5-6-18(27)15(3)4)12-25-29(22)24(33)20(23(28)32)21(31)26-17-8-9-17/h7,10,12,14-15,17-18,33H,5-6,8-9,11,13H2,1-4H3,(H,26,31)/b10-7+/t18-/m1/s1. The van der Waals surface area contributed by atoms with Gasteiger partial charge in [-0.05, 0) is 43.6 Å².